The third-order valence-corrected chi connectivity index (χ3v) is 5.45. The Bertz CT molecular complexity index is 858. The van der Waals surface area contributed by atoms with Gasteiger partial charge in [0.1, 0.15) is 0 Å². The van der Waals surface area contributed by atoms with Crippen LogP contribution in [0.2, 0.25) is 0 Å². The lowest BCUT2D eigenvalue weighted by molar-refractivity contribution is -0.384. The minimum Gasteiger partial charge on any atom is -0.379 e. The fourth-order valence-corrected chi connectivity index (χ4v) is 3.47. The molecule has 0 spiro atoms. The van der Waals surface area contributed by atoms with E-state index in [-0.39, 0.29) is 35.7 Å². The van der Waals surface area contributed by atoms with E-state index < -0.39 is 4.92 Å². The topological polar surface area (TPSA) is 92.0 Å². The van der Waals surface area contributed by atoms with Crippen LogP contribution >= 0.6 is 24.0 Å². The Kier molecular flexibility index (Phi) is 10.8. The van der Waals surface area contributed by atoms with Gasteiger partial charge in [-0.1, -0.05) is 42.5 Å². The number of benzene rings is 2. The summed E-state index contributed by atoms with van der Waals surface area (Å²) in [6, 6.07) is 17.2. The minimum atomic E-state index is -0.393. The summed E-state index contributed by atoms with van der Waals surface area (Å²) in [7, 11) is 0. The molecule has 1 aliphatic heterocycles. The van der Waals surface area contributed by atoms with Crippen molar-refractivity contribution in [1.82, 2.24) is 15.5 Å². The molecule has 1 saturated heterocycles. The van der Waals surface area contributed by atoms with Crippen LogP contribution < -0.4 is 10.6 Å². The number of nitrogens with one attached hydrogen (secondary N) is 2. The quantitative estimate of drug-likeness (QED) is 0.170. The van der Waals surface area contributed by atoms with E-state index in [2.05, 4.69) is 41.5 Å². The molecule has 0 bridgehead atoms. The van der Waals surface area contributed by atoms with Crippen LogP contribution in [0.3, 0.4) is 0 Å². The normalized spacial score (nSPS) is 16.5. The smallest absolute Gasteiger partial charge is 0.269 e. The standard InChI is InChI=1S/C23H31N5O3.HI/c1-18(27-12-14-31-15-13-27)16-24-23(26-19(2)21-6-4-3-5-7-21)25-17-20-8-10-22(11-9-20)28(29)30;/h3-11,18-19H,12-17H2,1-2H3,(H2,24,25,26);1H. The highest BCUT2D eigenvalue weighted by Gasteiger charge is 2.17. The molecule has 2 unspecified atom stereocenters. The Balaban J connectivity index is 0.00000363. The number of guanidine groups is 1. The van der Waals surface area contributed by atoms with E-state index in [1.807, 2.05) is 18.2 Å². The van der Waals surface area contributed by atoms with Gasteiger partial charge in [-0.2, -0.15) is 0 Å². The van der Waals surface area contributed by atoms with Crippen molar-refractivity contribution in [2.75, 3.05) is 32.8 Å². The van der Waals surface area contributed by atoms with Gasteiger partial charge in [0.05, 0.1) is 30.7 Å². The van der Waals surface area contributed by atoms with Crippen LogP contribution in [0.15, 0.2) is 59.6 Å². The van der Waals surface area contributed by atoms with E-state index >= 15 is 0 Å². The number of nitro groups is 1. The molecule has 9 heteroatoms. The van der Waals surface area contributed by atoms with Gasteiger partial charge in [-0.3, -0.25) is 15.0 Å². The Morgan fingerprint density at radius 1 is 1.12 bits per heavy atom. The molecule has 1 heterocycles. The van der Waals surface area contributed by atoms with Crippen LogP contribution in [0.25, 0.3) is 0 Å². The number of rotatable bonds is 8. The van der Waals surface area contributed by atoms with Crippen molar-refractivity contribution in [2.45, 2.75) is 32.5 Å². The second kappa shape index (κ2) is 13.3. The number of hydrogen-bond donors (Lipinski definition) is 2. The van der Waals surface area contributed by atoms with Crippen molar-refractivity contribution in [3.8, 4) is 0 Å². The third kappa shape index (κ3) is 8.03. The van der Waals surface area contributed by atoms with Gasteiger partial charge in [0.15, 0.2) is 5.96 Å². The molecule has 0 aromatic heterocycles. The Labute approximate surface area is 206 Å². The lowest BCUT2D eigenvalue weighted by Gasteiger charge is -2.32. The number of non-ortho nitro benzene ring substituents is 1. The first kappa shape index (κ1) is 26.0. The highest BCUT2D eigenvalue weighted by Crippen LogP contribution is 2.14. The number of halogens is 1. The highest BCUT2D eigenvalue weighted by molar-refractivity contribution is 14.0. The summed E-state index contributed by atoms with van der Waals surface area (Å²) in [6.07, 6.45) is 0. The molecule has 0 radical (unpaired) electrons. The zero-order valence-corrected chi connectivity index (χ0v) is 20.9. The molecule has 2 aromatic rings. The van der Waals surface area contributed by atoms with E-state index in [0.717, 1.165) is 44.4 Å². The molecule has 0 saturated carbocycles. The molecule has 2 aromatic carbocycles. The number of hydrogen-bond acceptors (Lipinski definition) is 5. The molecule has 2 atom stereocenters. The van der Waals surface area contributed by atoms with E-state index in [1.54, 1.807) is 12.1 Å². The number of ether oxygens (including phenoxy) is 1. The van der Waals surface area contributed by atoms with Gasteiger partial charge in [0, 0.05) is 37.8 Å². The van der Waals surface area contributed by atoms with Crippen molar-refractivity contribution in [2.24, 2.45) is 4.99 Å². The van der Waals surface area contributed by atoms with Gasteiger partial charge >= 0.3 is 0 Å². The van der Waals surface area contributed by atoms with Gasteiger partial charge in [0.2, 0.25) is 0 Å². The zero-order valence-electron chi connectivity index (χ0n) is 18.6. The average molecular weight is 553 g/mol. The molecule has 8 nitrogen and oxygen atoms in total. The van der Waals surface area contributed by atoms with Crippen molar-refractivity contribution < 1.29 is 9.66 Å². The fraction of sp³-hybridized carbons (Fsp3) is 0.435. The Morgan fingerprint density at radius 2 is 1.78 bits per heavy atom. The first-order valence-electron chi connectivity index (χ1n) is 10.7. The maximum absolute atomic E-state index is 10.9. The van der Waals surface area contributed by atoms with Crippen LogP contribution in [0, 0.1) is 10.1 Å². The lowest BCUT2D eigenvalue weighted by atomic mass is 10.1. The summed E-state index contributed by atoms with van der Waals surface area (Å²) in [5.41, 5.74) is 2.18. The van der Waals surface area contributed by atoms with Crippen LogP contribution in [0.4, 0.5) is 5.69 Å². The molecular formula is C23H32IN5O3. The molecule has 0 aliphatic carbocycles. The van der Waals surface area contributed by atoms with Gasteiger partial charge in [-0.25, -0.2) is 4.99 Å². The van der Waals surface area contributed by atoms with E-state index in [1.165, 1.54) is 17.7 Å². The molecule has 2 N–H and O–H groups in total. The van der Waals surface area contributed by atoms with Gasteiger partial charge in [-0.15, -0.1) is 24.0 Å². The summed E-state index contributed by atoms with van der Waals surface area (Å²) in [4.78, 5) is 17.6. The van der Waals surface area contributed by atoms with E-state index in [0.29, 0.717) is 12.6 Å². The molecule has 1 fully saturated rings. The van der Waals surface area contributed by atoms with Crippen molar-refractivity contribution >= 4 is 35.6 Å². The first-order valence-corrected chi connectivity index (χ1v) is 10.7. The van der Waals surface area contributed by atoms with Gasteiger partial charge in [0.25, 0.3) is 5.69 Å². The summed E-state index contributed by atoms with van der Waals surface area (Å²) >= 11 is 0. The third-order valence-electron chi connectivity index (χ3n) is 5.45. The molecule has 3 rings (SSSR count). The zero-order chi connectivity index (χ0) is 22.1. The summed E-state index contributed by atoms with van der Waals surface area (Å²) < 4.78 is 5.45. The Morgan fingerprint density at radius 3 is 2.41 bits per heavy atom. The summed E-state index contributed by atoms with van der Waals surface area (Å²) in [5, 5.41) is 17.8. The van der Waals surface area contributed by atoms with Gasteiger partial charge in [-0.05, 0) is 25.0 Å². The van der Waals surface area contributed by atoms with Crippen molar-refractivity contribution in [3.05, 3.63) is 75.8 Å². The maximum atomic E-state index is 10.9. The molecule has 32 heavy (non-hydrogen) atoms. The number of nitro benzene ring substituents is 1. The lowest BCUT2D eigenvalue weighted by Crippen LogP contribution is -2.49. The second-order valence-electron chi connectivity index (χ2n) is 7.74. The first-order chi connectivity index (χ1) is 15.0. The fourth-order valence-electron chi connectivity index (χ4n) is 3.47. The SMILES string of the molecule is CC(NC(=NCc1ccc([N+](=O)[O-])cc1)NCC(C)N1CCOCC1)c1ccccc1.I. The Hall–Kier alpha value is -2.24. The van der Waals surface area contributed by atoms with Crippen LogP contribution in [0.5, 0.6) is 0 Å². The van der Waals surface area contributed by atoms with Gasteiger partial charge < -0.3 is 15.4 Å². The average Bonchev–Trinajstić information content (AvgIpc) is 2.81. The van der Waals surface area contributed by atoms with Crippen molar-refractivity contribution in [1.29, 1.82) is 0 Å². The van der Waals surface area contributed by atoms with Crippen LogP contribution in [-0.4, -0.2) is 54.7 Å². The summed E-state index contributed by atoms with van der Waals surface area (Å²) in [5.74, 6) is 0.717. The van der Waals surface area contributed by atoms with E-state index in [4.69, 9.17) is 9.73 Å². The van der Waals surface area contributed by atoms with Crippen molar-refractivity contribution in [3.63, 3.8) is 0 Å². The predicted molar refractivity (Wildman–Crippen MR) is 137 cm³/mol. The predicted octanol–water partition coefficient (Wildman–Crippen LogP) is 3.73. The number of morpholine rings is 1. The van der Waals surface area contributed by atoms with Crippen LogP contribution in [-0.2, 0) is 11.3 Å². The minimum absolute atomic E-state index is 0. The van der Waals surface area contributed by atoms with Crippen LogP contribution in [0.1, 0.15) is 31.0 Å². The molecule has 0 amide bonds. The maximum Gasteiger partial charge on any atom is 0.269 e. The summed E-state index contributed by atoms with van der Waals surface area (Å²) in [6.45, 7) is 8.91. The monoisotopic (exact) mass is 553 g/mol. The van der Waals surface area contributed by atoms with E-state index in [9.17, 15) is 10.1 Å². The number of nitrogens with zero attached hydrogens (tertiary/aromatic N) is 3. The second-order valence-corrected chi connectivity index (χ2v) is 7.74. The molecule has 174 valence electrons. The largest absolute Gasteiger partial charge is 0.379 e. The molecule has 1 aliphatic rings. The molecular weight excluding hydrogens is 521 g/mol. The highest BCUT2D eigenvalue weighted by atomic mass is 127. The number of aliphatic imine (C=N–C) groups is 1.